The smallest absolute Gasteiger partial charge is 0.240 e. The van der Waals surface area contributed by atoms with Crippen molar-refractivity contribution in [3.8, 4) is 11.3 Å². The molecule has 1 saturated carbocycles. The topological polar surface area (TPSA) is 136 Å². The van der Waals surface area contributed by atoms with Crippen LogP contribution in [0.3, 0.4) is 0 Å². The van der Waals surface area contributed by atoms with Gasteiger partial charge in [0.05, 0.1) is 16.2 Å². The van der Waals surface area contributed by atoms with Gasteiger partial charge in [-0.2, -0.15) is 9.97 Å². The third-order valence-electron chi connectivity index (χ3n) is 5.14. The van der Waals surface area contributed by atoms with Gasteiger partial charge in [0.15, 0.2) is 0 Å². The van der Waals surface area contributed by atoms with E-state index in [1.165, 1.54) is 0 Å². The molecule has 2 heterocycles. The average Bonchev–Trinajstić information content (AvgIpc) is 3.02. The van der Waals surface area contributed by atoms with Crippen molar-refractivity contribution in [2.24, 2.45) is 0 Å². The largest absolute Gasteiger partial charge is 0.389 e. The number of nitrogen functional groups attached to an aromatic ring is 1. The zero-order chi connectivity index (χ0) is 20.1. The highest BCUT2D eigenvalue weighted by atomic mass is 32.2. The summed E-state index contributed by atoms with van der Waals surface area (Å²) in [6.45, 7) is 3.61. The van der Waals surface area contributed by atoms with Crippen LogP contribution in [0.25, 0.3) is 17.0 Å². The summed E-state index contributed by atoms with van der Waals surface area (Å²) < 4.78 is 29.5. The zero-order valence-electron chi connectivity index (χ0n) is 15.7. The van der Waals surface area contributed by atoms with E-state index in [0.29, 0.717) is 35.7 Å². The quantitative estimate of drug-likeness (QED) is 0.583. The second-order valence-corrected chi connectivity index (χ2v) is 9.07. The first-order valence-corrected chi connectivity index (χ1v) is 10.5. The van der Waals surface area contributed by atoms with E-state index in [0.717, 1.165) is 12.0 Å². The summed E-state index contributed by atoms with van der Waals surface area (Å²) in [7, 11) is -3.76. The lowest BCUT2D eigenvalue weighted by molar-refractivity contribution is -0.0270. The Morgan fingerprint density at radius 2 is 2.00 bits per heavy atom. The number of nitrogens with zero attached hydrogens (tertiary/aromatic N) is 4. The van der Waals surface area contributed by atoms with Crippen molar-refractivity contribution in [2.75, 3.05) is 12.3 Å². The molecule has 148 valence electrons. The summed E-state index contributed by atoms with van der Waals surface area (Å²) in [4.78, 5) is 13.0. The minimum atomic E-state index is -3.76. The molecule has 0 amide bonds. The summed E-state index contributed by atoms with van der Waals surface area (Å²) in [5.74, 6) is 1.17. The van der Waals surface area contributed by atoms with Crippen molar-refractivity contribution in [3.05, 3.63) is 35.8 Å². The first-order valence-electron chi connectivity index (χ1n) is 8.99. The van der Waals surface area contributed by atoms with Crippen LogP contribution in [0.5, 0.6) is 0 Å². The highest BCUT2D eigenvalue weighted by Crippen LogP contribution is 2.31. The number of fused-ring (bicyclic) bond motifs is 1. The van der Waals surface area contributed by atoms with Gasteiger partial charge in [0.1, 0.15) is 5.82 Å². The number of imidazole rings is 1. The molecule has 3 aromatic rings. The number of sulfonamides is 1. The molecule has 28 heavy (non-hydrogen) atoms. The van der Waals surface area contributed by atoms with E-state index in [-0.39, 0.29) is 17.4 Å². The number of anilines is 1. The lowest BCUT2D eigenvalue weighted by Crippen LogP contribution is -2.47. The molecule has 1 aromatic carbocycles. The standard InChI is InChI=1S/C18H22N6O3S/c1-11-4-5-13(28(26,27)20-10-18(25)6-3-7-18)8-14(11)15-9-24-16(19)21-12(2)22-17(24)23-15/h4-5,8-9,20,25H,3,6-7,10H2,1-2H3,(H2,19,21,22,23). The van der Waals surface area contributed by atoms with Crippen LogP contribution in [0.15, 0.2) is 29.3 Å². The van der Waals surface area contributed by atoms with Gasteiger partial charge in [0, 0.05) is 18.3 Å². The van der Waals surface area contributed by atoms with E-state index >= 15 is 0 Å². The van der Waals surface area contributed by atoms with Gasteiger partial charge >= 0.3 is 0 Å². The molecule has 0 aliphatic heterocycles. The van der Waals surface area contributed by atoms with Gasteiger partial charge < -0.3 is 10.8 Å². The molecule has 4 rings (SSSR count). The van der Waals surface area contributed by atoms with Gasteiger partial charge in [-0.05, 0) is 50.8 Å². The Labute approximate surface area is 162 Å². The maximum atomic E-state index is 12.7. The van der Waals surface area contributed by atoms with E-state index in [1.807, 2.05) is 6.92 Å². The molecule has 1 aliphatic carbocycles. The Bertz CT molecular complexity index is 1170. The summed E-state index contributed by atoms with van der Waals surface area (Å²) >= 11 is 0. The molecule has 9 nitrogen and oxygen atoms in total. The van der Waals surface area contributed by atoms with Crippen molar-refractivity contribution in [1.82, 2.24) is 24.1 Å². The van der Waals surface area contributed by atoms with Crippen molar-refractivity contribution >= 4 is 21.7 Å². The minimum absolute atomic E-state index is 0.0122. The van der Waals surface area contributed by atoms with Crippen molar-refractivity contribution in [3.63, 3.8) is 0 Å². The van der Waals surface area contributed by atoms with Gasteiger partial charge in [-0.25, -0.2) is 18.1 Å². The SMILES string of the molecule is Cc1nc(N)n2cc(-c3cc(S(=O)(=O)NCC4(O)CCC4)ccc3C)nc2n1. The zero-order valence-corrected chi connectivity index (χ0v) is 16.5. The molecule has 0 atom stereocenters. The molecule has 0 spiro atoms. The van der Waals surface area contributed by atoms with Crippen LogP contribution >= 0.6 is 0 Å². The van der Waals surface area contributed by atoms with E-state index < -0.39 is 15.6 Å². The molecular weight excluding hydrogens is 380 g/mol. The number of rotatable bonds is 5. The first kappa shape index (κ1) is 18.8. The van der Waals surface area contributed by atoms with Crippen molar-refractivity contribution < 1.29 is 13.5 Å². The Morgan fingerprint density at radius 1 is 1.25 bits per heavy atom. The van der Waals surface area contributed by atoms with E-state index in [1.54, 1.807) is 35.7 Å². The fourth-order valence-corrected chi connectivity index (χ4v) is 4.40. The predicted molar refractivity (Wildman–Crippen MR) is 104 cm³/mol. The molecule has 10 heteroatoms. The van der Waals surface area contributed by atoms with E-state index in [4.69, 9.17) is 5.73 Å². The number of nitrogens with one attached hydrogen (secondary N) is 1. The summed E-state index contributed by atoms with van der Waals surface area (Å²) in [6.07, 6.45) is 3.81. The minimum Gasteiger partial charge on any atom is -0.389 e. The summed E-state index contributed by atoms with van der Waals surface area (Å²) in [5, 5.41) is 10.2. The molecule has 1 fully saturated rings. The van der Waals surface area contributed by atoms with Gasteiger partial charge in [-0.15, -0.1) is 0 Å². The number of nitrogens with two attached hydrogens (primary N) is 1. The number of benzene rings is 1. The molecule has 4 N–H and O–H groups in total. The van der Waals surface area contributed by atoms with E-state index in [2.05, 4.69) is 19.7 Å². The highest BCUT2D eigenvalue weighted by molar-refractivity contribution is 7.89. The molecule has 0 saturated heterocycles. The number of hydrogen-bond acceptors (Lipinski definition) is 7. The highest BCUT2D eigenvalue weighted by Gasteiger charge is 2.35. The molecule has 1 aliphatic rings. The maximum absolute atomic E-state index is 12.7. The molecule has 2 aromatic heterocycles. The number of aliphatic hydroxyl groups is 1. The van der Waals surface area contributed by atoms with Crippen LogP contribution in [0.2, 0.25) is 0 Å². The second-order valence-electron chi connectivity index (χ2n) is 7.30. The van der Waals surface area contributed by atoms with Crippen LogP contribution in [0.1, 0.15) is 30.7 Å². The number of aromatic nitrogens is 4. The molecule has 0 bridgehead atoms. The average molecular weight is 402 g/mol. The van der Waals surface area contributed by atoms with Crippen LogP contribution in [0.4, 0.5) is 5.95 Å². The third kappa shape index (κ3) is 3.34. The number of hydrogen-bond donors (Lipinski definition) is 3. The molecule has 0 radical (unpaired) electrons. The lowest BCUT2D eigenvalue weighted by atomic mass is 9.81. The van der Waals surface area contributed by atoms with Gasteiger partial charge in [-0.3, -0.25) is 4.40 Å². The van der Waals surface area contributed by atoms with Crippen molar-refractivity contribution in [2.45, 2.75) is 43.6 Å². The summed E-state index contributed by atoms with van der Waals surface area (Å²) in [6, 6.07) is 4.84. The van der Waals surface area contributed by atoms with Crippen LogP contribution in [0, 0.1) is 13.8 Å². The Balaban J connectivity index is 1.70. The Hall–Kier alpha value is -2.56. The van der Waals surface area contributed by atoms with Crippen molar-refractivity contribution in [1.29, 1.82) is 0 Å². The third-order valence-corrected chi connectivity index (χ3v) is 6.54. The second kappa shape index (κ2) is 6.50. The van der Waals surface area contributed by atoms with E-state index in [9.17, 15) is 13.5 Å². The number of aryl methyl sites for hydroxylation is 2. The van der Waals surface area contributed by atoms with Crippen LogP contribution in [-0.2, 0) is 10.0 Å². The maximum Gasteiger partial charge on any atom is 0.240 e. The fourth-order valence-electron chi connectivity index (χ4n) is 3.26. The summed E-state index contributed by atoms with van der Waals surface area (Å²) in [5.41, 5.74) is 7.07. The molecular formula is C18H22N6O3S. The first-order chi connectivity index (χ1) is 13.2. The Kier molecular flexibility index (Phi) is 4.36. The van der Waals surface area contributed by atoms with Gasteiger partial charge in [0.2, 0.25) is 21.7 Å². The van der Waals surface area contributed by atoms with Crippen LogP contribution < -0.4 is 10.5 Å². The predicted octanol–water partition coefficient (Wildman–Crippen LogP) is 1.18. The Morgan fingerprint density at radius 3 is 2.68 bits per heavy atom. The lowest BCUT2D eigenvalue weighted by Gasteiger charge is -2.36. The van der Waals surface area contributed by atoms with Crippen LogP contribution in [-0.4, -0.2) is 45.0 Å². The molecule has 0 unspecified atom stereocenters. The van der Waals surface area contributed by atoms with Gasteiger partial charge in [-0.1, -0.05) is 6.07 Å². The fraction of sp³-hybridized carbons (Fsp3) is 0.389. The normalized spacial score (nSPS) is 16.2. The monoisotopic (exact) mass is 402 g/mol. The van der Waals surface area contributed by atoms with Gasteiger partial charge in [0.25, 0.3) is 0 Å².